The number of benzene rings is 2. The van der Waals surface area contributed by atoms with E-state index in [9.17, 15) is 0 Å². The van der Waals surface area contributed by atoms with E-state index in [1.807, 2.05) is 18.2 Å². The first-order chi connectivity index (χ1) is 14.4. The second-order valence-corrected chi connectivity index (χ2v) is 9.02. The molecule has 1 heterocycles. The number of rotatable bonds is 6. The van der Waals surface area contributed by atoms with Crippen molar-refractivity contribution in [2.75, 3.05) is 0 Å². The number of halogens is 1. The molecule has 2 atom stereocenters. The van der Waals surface area contributed by atoms with Crippen LogP contribution in [0, 0.1) is 13.8 Å². The van der Waals surface area contributed by atoms with Gasteiger partial charge in [0, 0.05) is 34.8 Å². The van der Waals surface area contributed by atoms with E-state index >= 15 is 0 Å². The number of hydrogen-bond donors (Lipinski definition) is 1. The van der Waals surface area contributed by atoms with Crippen molar-refractivity contribution in [2.24, 2.45) is 0 Å². The second-order valence-electron chi connectivity index (χ2n) is 8.59. The van der Waals surface area contributed by atoms with E-state index < -0.39 is 0 Å². The van der Waals surface area contributed by atoms with Gasteiger partial charge in [0.15, 0.2) is 0 Å². The topological polar surface area (TPSA) is 29.9 Å². The maximum atomic E-state index is 6.10. The van der Waals surface area contributed by atoms with Crippen LogP contribution in [0.4, 0.5) is 0 Å². The molecule has 0 fully saturated rings. The van der Waals surface area contributed by atoms with Gasteiger partial charge in [0.2, 0.25) is 0 Å². The quantitative estimate of drug-likeness (QED) is 0.464. The smallest absolute Gasteiger partial charge is 0.0649 e. The highest BCUT2D eigenvalue weighted by atomic mass is 35.5. The van der Waals surface area contributed by atoms with Crippen LogP contribution in [0.2, 0.25) is 5.02 Å². The molecule has 1 aliphatic rings. The summed E-state index contributed by atoms with van der Waals surface area (Å²) in [6.45, 7) is 9.58. The van der Waals surface area contributed by atoms with Crippen molar-refractivity contribution >= 4 is 11.6 Å². The van der Waals surface area contributed by atoms with E-state index in [-0.39, 0.29) is 0 Å². The van der Waals surface area contributed by atoms with Crippen LogP contribution in [-0.4, -0.2) is 15.8 Å². The van der Waals surface area contributed by atoms with Crippen LogP contribution in [-0.2, 0) is 6.54 Å². The van der Waals surface area contributed by atoms with Gasteiger partial charge in [-0.3, -0.25) is 0 Å². The van der Waals surface area contributed by atoms with Crippen LogP contribution < -0.4 is 5.32 Å². The molecule has 0 aliphatic heterocycles. The molecular weight excluding hydrogens is 390 g/mol. The van der Waals surface area contributed by atoms with Gasteiger partial charge in [0.25, 0.3) is 0 Å². The van der Waals surface area contributed by atoms with Crippen LogP contribution in [0.15, 0.2) is 60.7 Å². The van der Waals surface area contributed by atoms with Gasteiger partial charge in [0.1, 0.15) is 0 Å². The van der Waals surface area contributed by atoms with Crippen LogP contribution in [0.3, 0.4) is 0 Å². The van der Waals surface area contributed by atoms with E-state index in [1.54, 1.807) is 0 Å². The zero-order valence-corrected chi connectivity index (χ0v) is 18.9. The Morgan fingerprint density at radius 1 is 1.10 bits per heavy atom. The first kappa shape index (κ1) is 20.9. The average Bonchev–Trinajstić information content (AvgIpc) is 3.30. The van der Waals surface area contributed by atoms with E-state index in [2.05, 4.69) is 80.2 Å². The summed E-state index contributed by atoms with van der Waals surface area (Å²) in [5.41, 5.74) is 7.40. The SMILES string of the molecule is Cc1nn(-c2ccc(C(C)C)cc2)c(C)c1[C@H]1C=C[C@@H](NCc2cccc(Cl)c2)C1. The van der Waals surface area contributed by atoms with Crippen molar-refractivity contribution in [3.63, 3.8) is 0 Å². The lowest BCUT2D eigenvalue weighted by molar-refractivity contribution is 0.559. The predicted octanol–water partition coefficient (Wildman–Crippen LogP) is 6.47. The van der Waals surface area contributed by atoms with Gasteiger partial charge >= 0.3 is 0 Å². The van der Waals surface area contributed by atoms with E-state index in [1.165, 1.54) is 22.4 Å². The van der Waals surface area contributed by atoms with Gasteiger partial charge < -0.3 is 5.32 Å². The fraction of sp³-hybridized carbons (Fsp3) is 0.346. The Kier molecular flexibility index (Phi) is 6.12. The number of nitrogens with one attached hydrogen (secondary N) is 1. The fourth-order valence-corrected chi connectivity index (χ4v) is 4.62. The third-order valence-corrected chi connectivity index (χ3v) is 6.30. The van der Waals surface area contributed by atoms with Gasteiger partial charge in [-0.25, -0.2) is 4.68 Å². The minimum Gasteiger partial charge on any atom is -0.306 e. The molecule has 2 aromatic carbocycles. The fourth-order valence-electron chi connectivity index (χ4n) is 4.40. The summed E-state index contributed by atoms with van der Waals surface area (Å²) in [7, 11) is 0. The van der Waals surface area contributed by atoms with Crippen LogP contribution in [0.1, 0.15) is 60.2 Å². The van der Waals surface area contributed by atoms with Crippen LogP contribution in [0.25, 0.3) is 5.69 Å². The lowest BCUT2D eigenvalue weighted by atomic mass is 9.95. The molecule has 4 rings (SSSR count). The van der Waals surface area contributed by atoms with Gasteiger partial charge in [-0.1, -0.05) is 61.9 Å². The third-order valence-electron chi connectivity index (χ3n) is 6.06. The minimum absolute atomic E-state index is 0.362. The molecule has 3 nitrogen and oxygen atoms in total. The van der Waals surface area contributed by atoms with Crippen LogP contribution in [0.5, 0.6) is 0 Å². The first-order valence-corrected chi connectivity index (χ1v) is 11.1. The Labute approximate surface area is 184 Å². The molecule has 1 aliphatic carbocycles. The molecule has 0 unspecified atom stereocenters. The highest BCUT2D eigenvalue weighted by Gasteiger charge is 2.26. The van der Waals surface area contributed by atoms with E-state index in [0.29, 0.717) is 17.9 Å². The van der Waals surface area contributed by atoms with Gasteiger partial charge in [-0.2, -0.15) is 5.10 Å². The van der Waals surface area contributed by atoms with E-state index in [0.717, 1.165) is 29.4 Å². The zero-order chi connectivity index (χ0) is 21.3. The number of aromatic nitrogens is 2. The number of aryl methyl sites for hydroxylation is 1. The lowest BCUT2D eigenvalue weighted by Crippen LogP contribution is -2.25. The summed E-state index contributed by atoms with van der Waals surface area (Å²) in [4.78, 5) is 0. The molecule has 0 saturated carbocycles. The molecule has 0 spiro atoms. The molecular formula is C26H30ClN3. The molecule has 4 heteroatoms. The van der Waals surface area contributed by atoms with Crippen molar-refractivity contribution in [3.8, 4) is 5.69 Å². The Morgan fingerprint density at radius 3 is 2.57 bits per heavy atom. The van der Waals surface area contributed by atoms with Crippen molar-refractivity contribution < 1.29 is 0 Å². The number of hydrogen-bond acceptors (Lipinski definition) is 2. The molecule has 30 heavy (non-hydrogen) atoms. The summed E-state index contributed by atoms with van der Waals surface area (Å²) < 4.78 is 2.09. The summed E-state index contributed by atoms with van der Waals surface area (Å²) >= 11 is 6.10. The predicted molar refractivity (Wildman–Crippen MR) is 126 cm³/mol. The minimum atomic E-state index is 0.362. The summed E-state index contributed by atoms with van der Waals surface area (Å²) in [6, 6.07) is 17.2. The summed E-state index contributed by atoms with van der Waals surface area (Å²) in [5.74, 6) is 0.931. The second kappa shape index (κ2) is 8.79. The third kappa shape index (κ3) is 4.38. The van der Waals surface area contributed by atoms with Crippen molar-refractivity contribution in [2.45, 2.75) is 58.5 Å². The normalized spacial score (nSPS) is 18.5. The highest BCUT2D eigenvalue weighted by Crippen LogP contribution is 2.34. The largest absolute Gasteiger partial charge is 0.306 e. The summed E-state index contributed by atoms with van der Waals surface area (Å²) in [6.07, 6.45) is 5.68. The Morgan fingerprint density at radius 2 is 1.87 bits per heavy atom. The molecule has 0 radical (unpaired) electrons. The molecule has 0 bridgehead atoms. The van der Waals surface area contributed by atoms with Gasteiger partial charge in [0.05, 0.1) is 11.4 Å². The zero-order valence-electron chi connectivity index (χ0n) is 18.2. The van der Waals surface area contributed by atoms with E-state index in [4.69, 9.17) is 16.7 Å². The molecule has 1 N–H and O–H groups in total. The Bertz CT molecular complexity index is 1050. The molecule has 3 aromatic rings. The number of allylic oxidation sites excluding steroid dienone is 1. The maximum Gasteiger partial charge on any atom is 0.0649 e. The highest BCUT2D eigenvalue weighted by molar-refractivity contribution is 6.30. The standard InChI is InChI=1S/C26H30ClN3/c1-17(2)21-9-12-25(13-10-21)30-19(4)26(18(3)29-30)22-8-11-24(15-22)28-16-20-6-5-7-23(27)14-20/h5-14,17,22,24,28H,15-16H2,1-4H3/t22-,24+/m0/s1. The van der Waals surface area contributed by atoms with Crippen molar-refractivity contribution in [1.82, 2.24) is 15.1 Å². The maximum absolute atomic E-state index is 6.10. The summed E-state index contributed by atoms with van der Waals surface area (Å²) in [5, 5.41) is 9.31. The van der Waals surface area contributed by atoms with Crippen molar-refractivity contribution in [3.05, 3.63) is 93.8 Å². The Balaban J connectivity index is 1.47. The molecule has 156 valence electrons. The average molecular weight is 420 g/mol. The first-order valence-electron chi connectivity index (χ1n) is 10.7. The molecule has 0 amide bonds. The van der Waals surface area contributed by atoms with Crippen LogP contribution >= 0.6 is 11.6 Å². The van der Waals surface area contributed by atoms with Gasteiger partial charge in [-0.15, -0.1) is 0 Å². The lowest BCUT2D eigenvalue weighted by Gasteiger charge is -2.15. The Hall–Kier alpha value is -2.36. The number of nitrogens with zero attached hydrogens (tertiary/aromatic N) is 2. The molecule has 1 aromatic heterocycles. The monoisotopic (exact) mass is 419 g/mol. The van der Waals surface area contributed by atoms with Gasteiger partial charge in [-0.05, 0) is 61.6 Å². The van der Waals surface area contributed by atoms with Crippen molar-refractivity contribution in [1.29, 1.82) is 0 Å². The molecule has 0 saturated heterocycles.